The molecule has 0 radical (unpaired) electrons. The van der Waals surface area contributed by atoms with Gasteiger partial charge in [-0.1, -0.05) is 54.6 Å². The minimum absolute atomic E-state index is 0.0299. The lowest BCUT2D eigenvalue weighted by molar-refractivity contribution is 0.299. The van der Waals surface area contributed by atoms with Crippen molar-refractivity contribution >= 4 is 22.7 Å². The molecule has 0 aliphatic rings. The zero-order valence-corrected chi connectivity index (χ0v) is 16.9. The summed E-state index contributed by atoms with van der Waals surface area (Å²) < 4.78 is 45.2. The van der Waals surface area contributed by atoms with E-state index in [9.17, 15) is 13.2 Å². The normalized spacial score (nSPS) is 11.1. The number of hydrazone groups is 1. The topological polar surface area (TPSA) is 46.5 Å². The lowest BCUT2D eigenvalue weighted by Crippen LogP contribution is -2.02. The molecule has 0 spiro atoms. The number of rotatable bonds is 7. The number of thiazole rings is 1. The van der Waals surface area contributed by atoms with E-state index in [-0.39, 0.29) is 12.4 Å². The maximum Gasteiger partial charge on any atom is 0.203 e. The second-order valence-electron chi connectivity index (χ2n) is 6.46. The van der Waals surface area contributed by atoms with E-state index in [1.54, 1.807) is 12.3 Å². The van der Waals surface area contributed by atoms with Gasteiger partial charge in [0.25, 0.3) is 0 Å². The molecular formula is C23H16F3N3OS. The molecule has 0 atom stereocenters. The third-order valence-electron chi connectivity index (χ3n) is 4.34. The van der Waals surface area contributed by atoms with Crippen molar-refractivity contribution in [3.05, 3.63) is 101 Å². The fraction of sp³-hybridized carbons (Fsp3) is 0.0435. The van der Waals surface area contributed by atoms with E-state index in [1.165, 1.54) is 11.3 Å². The van der Waals surface area contributed by atoms with Crippen LogP contribution in [0.1, 0.15) is 11.1 Å². The van der Waals surface area contributed by atoms with Gasteiger partial charge in [0.1, 0.15) is 12.4 Å². The predicted molar refractivity (Wildman–Crippen MR) is 116 cm³/mol. The Morgan fingerprint density at radius 3 is 2.45 bits per heavy atom. The van der Waals surface area contributed by atoms with E-state index < -0.39 is 17.5 Å². The van der Waals surface area contributed by atoms with Gasteiger partial charge in [-0.25, -0.2) is 18.2 Å². The van der Waals surface area contributed by atoms with E-state index in [0.717, 1.165) is 34.5 Å². The van der Waals surface area contributed by atoms with Gasteiger partial charge in [-0.3, -0.25) is 5.43 Å². The Labute approximate surface area is 180 Å². The van der Waals surface area contributed by atoms with Crippen molar-refractivity contribution in [2.24, 2.45) is 5.10 Å². The van der Waals surface area contributed by atoms with Crippen LogP contribution in [-0.2, 0) is 6.61 Å². The third-order valence-corrected chi connectivity index (χ3v) is 5.09. The number of benzene rings is 3. The summed E-state index contributed by atoms with van der Waals surface area (Å²) in [6, 6.07) is 18.7. The number of nitrogens with one attached hydrogen (secondary N) is 1. The van der Waals surface area contributed by atoms with Crippen LogP contribution in [-0.4, -0.2) is 11.2 Å². The Morgan fingerprint density at radius 2 is 1.68 bits per heavy atom. The standard InChI is InChI=1S/C23H16F3N3OS/c24-19-10-18(11-20(25)22(19)26)30-13-17-9-5-4-8-16(17)12-27-29-23-28-21(14-31-23)15-6-2-1-3-7-15/h1-12,14H,13H2,(H,28,29). The van der Waals surface area contributed by atoms with Crippen molar-refractivity contribution in [2.75, 3.05) is 5.43 Å². The van der Waals surface area contributed by atoms with Crippen LogP contribution in [0, 0.1) is 17.5 Å². The summed E-state index contributed by atoms with van der Waals surface area (Å²) in [4.78, 5) is 4.50. The minimum Gasteiger partial charge on any atom is -0.489 e. The summed E-state index contributed by atoms with van der Waals surface area (Å²) in [5.74, 6) is -4.22. The van der Waals surface area contributed by atoms with Crippen molar-refractivity contribution in [3.63, 3.8) is 0 Å². The maximum atomic E-state index is 13.4. The zero-order valence-electron chi connectivity index (χ0n) is 16.1. The van der Waals surface area contributed by atoms with Crippen LogP contribution < -0.4 is 10.2 Å². The van der Waals surface area contributed by atoms with Crippen LogP contribution in [0.4, 0.5) is 18.3 Å². The van der Waals surface area contributed by atoms with Crippen LogP contribution in [0.15, 0.2) is 77.2 Å². The van der Waals surface area contributed by atoms with E-state index >= 15 is 0 Å². The molecule has 4 aromatic rings. The first-order valence-corrected chi connectivity index (χ1v) is 10.1. The quantitative estimate of drug-likeness (QED) is 0.210. The number of ether oxygens (including phenoxy) is 1. The second-order valence-corrected chi connectivity index (χ2v) is 7.32. The van der Waals surface area contributed by atoms with Crippen LogP contribution in [0.5, 0.6) is 5.75 Å². The fourth-order valence-electron chi connectivity index (χ4n) is 2.79. The number of hydrogen-bond acceptors (Lipinski definition) is 5. The second kappa shape index (κ2) is 9.44. The van der Waals surface area contributed by atoms with Gasteiger partial charge in [0.15, 0.2) is 17.5 Å². The van der Waals surface area contributed by atoms with Gasteiger partial charge in [-0.05, 0) is 5.56 Å². The summed E-state index contributed by atoms with van der Waals surface area (Å²) in [5, 5.41) is 6.80. The van der Waals surface area contributed by atoms with Crippen molar-refractivity contribution in [1.29, 1.82) is 0 Å². The predicted octanol–water partition coefficient (Wildman–Crippen LogP) is 6.25. The lowest BCUT2D eigenvalue weighted by atomic mass is 10.1. The highest BCUT2D eigenvalue weighted by molar-refractivity contribution is 7.14. The van der Waals surface area contributed by atoms with Crippen molar-refractivity contribution in [2.45, 2.75) is 6.61 Å². The molecule has 3 aromatic carbocycles. The van der Waals surface area contributed by atoms with Crippen molar-refractivity contribution in [3.8, 4) is 17.0 Å². The number of nitrogens with zero attached hydrogens (tertiary/aromatic N) is 2. The molecule has 4 rings (SSSR count). The first-order valence-electron chi connectivity index (χ1n) is 9.25. The van der Waals surface area contributed by atoms with Gasteiger partial charge < -0.3 is 4.74 Å². The van der Waals surface area contributed by atoms with E-state index in [4.69, 9.17) is 4.74 Å². The molecule has 0 bridgehead atoms. The van der Waals surface area contributed by atoms with Crippen LogP contribution in [0.25, 0.3) is 11.3 Å². The average molecular weight is 439 g/mol. The Hall–Kier alpha value is -3.65. The van der Waals surface area contributed by atoms with Crippen LogP contribution >= 0.6 is 11.3 Å². The number of anilines is 1. The van der Waals surface area contributed by atoms with Crippen LogP contribution in [0.3, 0.4) is 0 Å². The molecule has 0 amide bonds. The Balaban J connectivity index is 1.42. The van der Waals surface area contributed by atoms with Crippen LogP contribution in [0.2, 0.25) is 0 Å². The molecule has 0 saturated carbocycles. The molecule has 1 N–H and O–H groups in total. The van der Waals surface area contributed by atoms with Crippen molar-refractivity contribution < 1.29 is 17.9 Å². The number of hydrogen-bond donors (Lipinski definition) is 1. The summed E-state index contributed by atoms with van der Waals surface area (Å²) in [6.45, 7) is 0.0299. The largest absolute Gasteiger partial charge is 0.489 e. The molecule has 0 fully saturated rings. The highest BCUT2D eigenvalue weighted by Crippen LogP contribution is 2.24. The van der Waals surface area contributed by atoms with E-state index in [2.05, 4.69) is 15.5 Å². The number of aromatic nitrogens is 1. The van der Waals surface area contributed by atoms with E-state index in [0.29, 0.717) is 5.13 Å². The monoisotopic (exact) mass is 439 g/mol. The zero-order chi connectivity index (χ0) is 21.6. The van der Waals surface area contributed by atoms with Gasteiger partial charge in [0.05, 0.1) is 11.9 Å². The molecule has 0 saturated heterocycles. The van der Waals surface area contributed by atoms with Gasteiger partial charge in [-0.15, -0.1) is 11.3 Å². The van der Waals surface area contributed by atoms with Gasteiger partial charge in [-0.2, -0.15) is 5.10 Å². The molecule has 31 heavy (non-hydrogen) atoms. The molecule has 156 valence electrons. The Bertz CT molecular complexity index is 1190. The molecule has 0 aliphatic carbocycles. The van der Waals surface area contributed by atoms with Crippen molar-refractivity contribution in [1.82, 2.24) is 4.98 Å². The Morgan fingerprint density at radius 1 is 0.968 bits per heavy atom. The molecular weight excluding hydrogens is 423 g/mol. The highest BCUT2D eigenvalue weighted by atomic mass is 32.1. The summed E-state index contributed by atoms with van der Waals surface area (Å²) in [5.41, 5.74) is 6.26. The van der Waals surface area contributed by atoms with Gasteiger partial charge in [0.2, 0.25) is 5.13 Å². The summed E-state index contributed by atoms with van der Waals surface area (Å²) >= 11 is 1.43. The minimum atomic E-state index is -1.52. The molecule has 1 heterocycles. The average Bonchev–Trinajstić information content (AvgIpc) is 3.26. The fourth-order valence-corrected chi connectivity index (χ4v) is 3.46. The molecule has 4 nitrogen and oxygen atoms in total. The summed E-state index contributed by atoms with van der Waals surface area (Å²) in [7, 11) is 0. The number of halogens is 3. The highest BCUT2D eigenvalue weighted by Gasteiger charge is 2.12. The smallest absolute Gasteiger partial charge is 0.203 e. The first kappa shape index (κ1) is 20.6. The summed E-state index contributed by atoms with van der Waals surface area (Å²) in [6.07, 6.45) is 1.61. The maximum absolute atomic E-state index is 13.4. The molecule has 1 aromatic heterocycles. The SMILES string of the molecule is Fc1cc(OCc2ccccc2C=NNc2nc(-c3ccccc3)cs2)cc(F)c1F. The lowest BCUT2D eigenvalue weighted by Gasteiger charge is -2.09. The third kappa shape index (κ3) is 5.10. The van der Waals surface area contributed by atoms with E-state index in [1.807, 2.05) is 53.9 Å². The first-order chi connectivity index (χ1) is 15.1. The van der Waals surface area contributed by atoms with Gasteiger partial charge >= 0.3 is 0 Å². The van der Waals surface area contributed by atoms with Gasteiger partial charge in [0, 0.05) is 28.6 Å². The Kier molecular flexibility index (Phi) is 6.28. The molecule has 8 heteroatoms. The molecule has 0 unspecified atom stereocenters. The molecule has 0 aliphatic heterocycles.